The Hall–Kier alpha value is -4.47. The Morgan fingerprint density at radius 1 is 1.06 bits per heavy atom. The van der Waals surface area contributed by atoms with E-state index in [1.165, 1.54) is 30.5 Å². The number of ether oxygens (including phenoxy) is 1. The van der Waals surface area contributed by atoms with Gasteiger partial charge in [-0.1, -0.05) is 0 Å². The van der Waals surface area contributed by atoms with Crippen LogP contribution >= 0.6 is 0 Å². The summed E-state index contributed by atoms with van der Waals surface area (Å²) in [6.07, 6.45) is 1.46. The zero-order valence-electron chi connectivity index (χ0n) is 17.7. The molecule has 164 valence electrons. The number of benzene rings is 2. The molecule has 3 aromatic rings. The van der Waals surface area contributed by atoms with Gasteiger partial charge in [-0.15, -0.1) is 0 Å². The molecule has 0 atom stereocenters. The number of aromatic nitrogens is 1. The van der Waals surface area contributed by atoms with E-state index in [1.807, 2.05) is 48.7 Å². The maximum absolute atomic E-state index is 12.0. The number of carbonyl (C=O) groups excluding carboxylic acids is 2. The first-order valence-corrected chi connectivity index (χ1v) is 9.52. The molecule has 0 spiro atoms. The summed E-state index contributed by atoms with van der Waals surface area (Å²) in [5.74, 6) is -1.16. The van der Waals surface area contributed by atoms with Gasteiger partial charge in [0.25, 0.3) is 5.69 Å². The van der Waals surface area contributed by atoms with Gasteiger partial charge in [-0.05, 0) is 56.3 Å². The Labute approximate surface area is 183 Å². The standard InChI is InChI=1S/C22H21N5O5/c1-14-12-16(15(2)26(14)18-8-10-20(32-3)11-9-18)13-23-25-22(29)21(28)24-17-4-6-19(7-5-17)27(30)31/h4-13H,1-3H3,(H,24,28)(H,25,29)/b23-13-. The van der Waals surface area contributed by atoms with Crippen molar-refractivity contribution in [1.82, 2.24) is 9.99 Å². The summed E-state index contributed by atoms with van der Waals surface area (Å²) in [6.45, 7) is 3.87. The van der Waals surface area contributed by atoms with Gasteiger partial charge in [-0.3, -0.25) is 19.7 Å². The lowest BCUT2D eigenvalue weighted by molar-refractivity contribution is -0.384. The molecule has 3 rings (SSSR count). The number of anilines is 1. The number of non-ortho nitro benzene ring substituents is 1. The number of nitro groups is 1. The Morgan fingerprint density at radius 3 is 2.31 bits per heavy atom. The molecule has 0 fully saturated rings. The highest BCUT2D eigenvalue weighted by molar-refractivity contribution is 6.39. The molecule has 0 saturated heterocycles. The summed E-state index contributed by atoms with van der Waals surface area (Å²) in [4.78, 5) is 34.1. The third-order valence-electron chi connectivity index (χ3n) is 4.71. The van der Waals surface area contributed by atoms with Crippen molar-refractivity contribution in [2.24, 2.45) is 5.10 Å². The molecule has 1 aromatic heterocycles. The SMILES string of the molecule is COc1ccc(-n2c(C)cc(/C=N\NC(=O)C(=O)Nc3ccc([N+](=O)[O-])cc3)c2C)cc1. The molecule has 10 nitrogen and oxygen atoms in total. The van der Waals surface area contributed by atoms with Crippen molar-refractivity contribution in [3.8, 4) is 11.4 Å². The number of nitrogens with one attached hydrogen (secondary N) is 2. The second kappa shape index (κ2) is 9.56. The number of hydrogen-bond acceptors (Lipinski definition) is 6. The van der Waals surface area contributed by atoms with Gasteiger partial charge in [-0.2, -0.15) is 5.10 Å². The van der Waals surface area contributed by atoms with Crippen molar-refractivity contribution in [3.05, 3.63) is 81.7 Å². The van der Waals surface area contributed by atoms with Crippen LogP contribution < -0.4 is 15.5 Å². The normalized spacial score (nSPS) is 10.7. The molecule has 0 bridgehead atoms. The third-order valence-corrected chi connectivity index (χ3v) is 4.71. The van der Waals surface area contributed by atoms with Gasteiger partial charge in [0.15, 0.2) is 0 Å². The van der Waals surface area contributed by atoms with Crippen LogP contribution in [0, 0.1) is 24.0 Å². The van der Waals surface area contributed by atoms with Crippen molar-refractivity contribution < 1.29 is 19.2 Å². The molecular formula is C22H21N5O5. The zero-order chi connectivity index (χ0) is 23.3. The van der Waals surface area contributed by atoms with Crippen LogP contribution in [0.1, 0.15) is 17.0 Å². The van der Waals surface area contributed by atoms with E-state index in [9.17, 15) is 19.7 Å². The summed E-state index contributed by atoms with van der Waals surface area (Å²) in [6, 6.07) is 14.6. The van der Waals surface area contributed by atoms with Gasteiger partial charge in [0, 0.05) is 40.5 Å². The van der Waals surface area contributed by atoms with E-state index in [4.69, 9.17) is 4.74 Å². The van der Waals surface area contributed by atoms with Crippen LogP contribution in [0.2, 0.25) is 0 Å². The molecule has 2 amide bonds. The number of nitrogens with zero attached hydrogens (tertiary/aromatic N) is 3. The number of methoxy groups -OCH3 is 1. The van der Waals surface area contributed by atoms with Gasteiger partial charge in [0.05, 0.1) is 18.2 Å². The van der Waals surface area contributed by atoms with E-state index in [-0.39, 0.29) is 11.4 Å². The van der Waals surface area contributed by atoms with Gasteiger partial charge in [0.2, 0.25) is 0 Å². The monoisotopic (exact) mass is 435 g/mol. The van der Waals surface area contributed by atoms with Crippen molar-refractivity contribution in [3.63, 3.8) is 0 Å². The highest BCUT2D eigenvalue weighted by Gasteiger charge is 2.14. The molecule has 0 aliphatic carbocycles. The van der Waals surface area contributed by atoms with E-state index in [1.54, 1.807) is 7.11 Å². The molecule has 0 aliphatic rings. The maximum Gasteiger partial charge on any atom is 0.329 e. The van der Waals surface area contributed by atoms with Crippen LogP contribution in [0.4, 0.5) is 11.4 Å². The number of rotatable bonds is 6. The third kappa shape index (κ3) is 4.98. The van der Waals surface area contributed by atoms with Crippen molar-refractivity contribution in [2.75, 3.05) is 12.4 Å². The minimum absolute atomic E-state index is 0.121. The van der Waals surface area contributed by atoms with E-state index in [0.717, 1.165) is 28.4 Å². The van der Waals surface area contributed by atoms with Crippen LogP contribution in [0.3, 0.4) is 0 Å². The van der Waals surface area contributed by atoms with Crippen molar-refractivity contribution >= 4 is 29.4 Å². The van der Waals surface area contributed by atoms with E-state index in [2.05, 4.69) is 15.8 Å². The minimum Gasteiger partial charge on any atom is -0.497 e. The Kier molecular flexibility index (Phi) is 6.64. The summed E-state index contributed by atoms with van der Waals surface area (Å²) < 4.78 is 7.22. The fourth-order valence-electron chi connectivity index (χ4n) is 3.11. The molecule has 1 heterocycles. The number of amides is 2. The second-order valence-electron chi connectivity index (χ2n) is 6.82. The second-order valence-corrected chi connectivity index (χ2v) is 6.82. The quantitative estimate of drug-likeness (QED) is 0.266. The molecule has 2 N–H and O–H groups in total. The topological polar surface area (TPSA) is 128 Å². The van der Waals surface area contributed by atoms with E-state index < -0.39 is 16.7 Å². The highest BCUT2D eigenvalue weighted by atomic mass is 16.6. The van der Waals surface area contributed by atoms with Gasteiger partial charge >= 0.3 is 11.8 Å². The molecular weight excluding hydrogens is 414 g/mol. The summed E-state index contributed by atoms with van der Waals surface area (Å²) in [7, 11) is 1.61. The zero-order valence-corrected chi connectivity index (χ0v) is 17.7. The minimum atomic E-state index is -0.969. The van der Waals surface area contributed by atoms with Gasteiger partial charge in [-0.25, -0.2) is 5.43 Å². The van der Waals surface area contributed by atoms with Crippen LogP contribution in [-0.2, 0) is 9.59 Å². The van der Waals surface area contributed by atoms with Crippen LogP contribution in [-0.4, -0.2) is 34.6 Å². The summed E-state index contributed by atoms with van der Waals surface area (Å²) in [5.41, 5.74) is 5.90. The van der Waals surface area contributed by atoms with Gasteiger partial charge in [0.1, 0.15) is 5.75 Å². The molecule has 0 unspecified atom stereocenters. The number of carbonyl (C=O) groups is 2. The summed E-state index contributed by atoms with van der Waals surface area (Å²) in [5, 5.41) is 16.9. The molecule has 2 aromatic carbocycles. The Bertz CT molecular complexity index is 1180. The predicted molar refractivity (Wildman–Crippen MR) is 119 cm³/mol. The number of aryl methyl sites for hydroxylation is 1. The van der Waals surface area contributed by atoms with Crippen LogP contribution in [0.25, 0.3) is 5.69 Å². The van der Waals surface area contributed by atoms with Gasteiger partial charge < -0.3 is 14.6 Å². The van der Waals surface area contributed by atoms with Crippen molar-refractivity contribution in [2.45, 2.75) is 13.8 Å². The number of nitro benzene ring substituents is 1. The fraction of sp³-hybridized carbons (Fsp3) is 0.136. The molecule has 0 aliphatic heterocycles. The summed E-state index contributed by atoms with van der Waals surface area (Å²) >= 11 is 0. The molecule has 10 heteroatoms. The average Bonchev–Trinajstić information content (AvgIpc) is 3.07. The fourth-order valence-corrected chi connectivity index (χ4v) is 3.11. The lowest BCUT2D eigenvalue weighted by Crippen LogP contribution is -2.32. The largest absolute Gasteiger partial charge is 0.497 e. The molecule has 32 heavy (non-hydrogen) atoms. The first-order chi connectivity index (χ1) is 15.3. The lowest BCUT2D eigenvalue weighted by atomic mass is 10.2. The predicted octanol–water partition coefficient (Wildman–Crippen LogP) is 3.10. The maximum atomic E-state index is 12.0. The van der Waals surface area contributed by atoms with Crippen LogP contribution in [0.5, 0.6) is 5.75 Å². The number of hydrogen-bond donors (Lipinski definition) is 2. The number of hydrazone groups is 1. The first kappa shape index (κ1) is 22.2. The molecule has 0 saturated carbocycles. The van der Waals surface area contributed by atoms with Crippen molar-refractivity contribution in [1.29, 1.82) is 0 Å². The highest BCUT2D eigenvalue weighted by Crippen LogP contribution is 2.22. The van der Waals surface area contributed by atoms with E-state index in [0.29, 0.717) is 0 Å². The van der Waals surface area contributed by atoms with E-state index >= 15 is 0 Å². The first-order valence-electron chi connectivity index (χ1n) is 9.52. The Morgan fingerprint density at radius 2 is 1.72 bits per heavy atom. The Balaban J connectivity index is 1.64. The molecule has 0 radical (unpaired) electrons. The van der Waals surface area contributed by atoms with Crippen LogP contribution in [0.15, 0.2) is 59.7 Å². The lowest BCUT2D eigenvalue weighted by Gasteiger charge is -2.10. The average molecular weight is 435 g/mol. The smallest absolute Gasteiger partial charge is 0.329 e.